The average Bonchev–Trinajstić information content (AvgIpc) is 3.51. The molecule has 0 aromatic rings. The molecule has 0 amide bonds. The molecule has 29 heavy (non-hydrogen) atoms. The molecule has 0 bridgehead atoms. The minimum absolute atomic E-state index is 0.0826. The molecule has 1 rings (SSSR count). The van der Waals surface area contributed by atoms with Gasteiger partial charge in [-0.05, 0) is 50.4 Å². The Morgan fingerprint density at radius 1 is 1.03 bits per heavy atom. The van der Waals surface area contributed by atoms with Gasteiger partial charge in [0.1, 0.15) is 0 Å². The highest BCUT2D eigenvalue weighted by Crippen LogP contribution is 2.49. The number of aliphatic hydroxyl groups excluding tert-OH is 2. The van der Waals surface area contributed by atoms with E-state index in [-0.39, 0.29) is 36.9 Å². The van der Waals surface area contributed by atoms with Crippen molar-refractivity contribution < 1.29 is 24.4 Å². The molecule has 8 atom stereocenters. The molecule has 1 fully saturated rings. The molecule has 0 radical (unpaired) electrons. The van der Waals surface area contributed by atoms with Gasteiger partial charge in [-0.1, -0.05) is 44.6 Å². The van der Waals surface area contributed by atoms with Crippen molar-refractivity contribution in [2.45, 2.75) is 77.8 Å². The Labute approximate surface area is 178 Å². The molecular formula is C24H44O5. The van der Waals surface area contributed by atoms with Gasteiger partial charge < -0.3 is 24.4 Å². The minimum atomic E-state index is -0.309. The second-order valence-electron chi connectivity index (χ2n) is 8.62. The number of ether oxygens (including phenoxy) is 3. The molecule has 0 heterocycles. The lowest BCUT2D eigenvalue weighted by Gasteiger charge is -2.24. The molecule has 1 saturated carbocycles. The summed E-state index contributed by atoms with van der Waals surface area (Å²) in [4.78, 5) is 0. The Morgan fingerprint density at radius 2 is 1.66 bits per heavy atom. The number of methoxy groups -OCH3 is 3. The van der Waals surface area contributed by atoms with Gasteiger partial charge in [-0.2, -0.15) is 0 Å². The first-order chi connectivity index (χ1) is 13.8. The van der Waals surface area contributed by atoms with Gasteiger partial charge in [0.2, 0.25) is 0 Å². The highest BCUT2D eigenvalue weighted by molar-refractivity contribution is 5.13. The van der Waals surface area contributed by atoms with Crippen LogP contribution >= 0.6 is 0 Å². The molecule has 1 aliphatic rings. The van der Waals surface area contributed by atoms with Crippen LogP contribution in [0.3, 0.4) is 0 Å². The van der Waals surface area contributed by atoms with Crippen LogP contribution in [-0.2, 0) is 14.2 Å². The first-order valence-corrected chi connectivity index (χ1v) is 11.1. The van der Waals surface area contributed by atoms with Gasteiger partial charge in [0.15, 0.2) is 0 Å². The largest absolute Gasteiger partial charge is 0.396 e. The van der Waals surface area contributed by atoms with Crippen molar-refractivity contribution in [3.63, 3.8) is 0 Å². The lowest BCUT2D eigenvalue weighted by molar-refractivity contribution is -0.0448. The second-order valence-corrected chi connectivity index (χ2v) is 8.62. The zero-order valence-corrected chi connectivity index (χ0v) is 19.5. The lowest BCUT2D eigenvalue weighted by atomic mass is 9.91. The van der Waals surface area contributed by atoms with E-state index in [1.54, 1.807) is 21.3 Å². The standard InChI is InChI=1S/C24H44O5/c1-8-21(27-5)18(4)19-15-20(19)24(26)17(3)11-9-10-16(2)14-23(29-7)22(28-6)12-13-25/h9-11,17-26H,8,12-15H2,1-7H3/b11-9+,16-10+. The quantitative estimate of drug-likeness (QED) is 0.398. The van der Waals surface area contributed by atoms with Crippen molar-refractivity contribution >= 4 is 0 Å². The van der Waals surface area contributed by atoms with E-state index in [9.17, 15) is 5.11 Å². The van der Waals surface area contributed by atoms with Crippen LogP contribution in [0.25, 0.3) is 0 Å². The van der Waals surface area contributed by atoms with Gasteiger partial charge in [0.25, 0.3) is 0 Å². The Kier molecular flexibility index (Phi) is 12.3. The van der Waals surface area contributed by atoms with Gasteiger partial charge in [-0.25, -0.2) is 0 Å². The number of aliphatic hydroxyl groups is 2. The van der Waals surface area contributed by atoms with E-state index in [0.29, 0.717) is 24.2 Å². The van der Waals surface area contributed by atoms with Crippen LogP contribution in [0.4, 0.5) is 0 Å². The summed E-state index contributed by atoms with van der Waals surface area (Å²) in [5.41, 5.74) is 1.18. The van der Waals surface area contributed by atoms with E-state index in [1.165, 1.54) is 5.57 Å². The third-order valence-electron chi connectivity index (χ3n) is 6.59. The van der Waals surface area contributed by atoms with Gasteiger partial charge in [-0.15, -0.1) is 0 Å². The molecule has 0 aliphatic heterocycles. The van der Waals surface area contributed by atoms with Crippen LogP contribution in [-0.4, -0.2) is 62.6 Å². The first kappa shape index (κ1) is 26.3. The predicted octanol–water partition coefficient (Wildman–Crippen LogP) is 3.99. The molecule has 5 heteroatoms. The molecular weight excluding hydrogens is 368 g/mol. The molecule has 5 nitrogen and oxygen atoms in total. The number of rotatable bonds is 15. The maximum Gasteiger partial charge on any atom is 0.0870 e. The van der Waals surface area contributed by atoms with E-state index >= 15 is 0 Å². The second kappa shape index (κ2) is 13.6. The molecule has 0 aromatic carbocycles. The van der Waals surface area contributed by atoms with E-state index in [4.69, 9.17) is 19.3 Å². The van der Waals surface area contributed by atoms with Crippen LogP contribution in [0.1, 0.15) is 53.4 Å². The summed E-state index contributed by atoms with van der Waals surface area (Å²) in [6.45, 7) is 8.64. The minimum Gasteiger partial charge on any atom is -0.396 e. The van der Waals surface area contributed by atoms with E-state index in [0.717, 1.165) is 19.3 Å². The highest BCUT2D eigenvalue weighted by Gasteiger charge is 2.48. The van der Waals surface area contributed by atoms with Gasteiger partial charge in [0, 0.05) is 33.9 Å². The first-order valence-electron chi connectivity index (χ1n) is 11.1. The SMILES string of the molecule is CCC(OC)C(C)C1CC1C(O)C(C)/C=C/C=C(\C)CC(OC)C(CCO)OC. The Morgan fingerprint density at radius 3 is 2.17 bits per heavy atom. The molecule has 0 spiro atoms. The third kappa shape index (κ3) is 8.14. The van der Waals surface area contributed by atoms with Crippen molar-refractivity contribution in [3.8, 4) is 0 Å². The summed E-state index contributed by atoms with van der Waals surface area (Å²) in [7, 11) is 5.11. The van der Waals surface area contributed by atoms with Crippen molar-refractivity contribution in [1.29, 1.82) is 0 Å². The fourth-order valence-corrected chi connectivity index (χ4v) is 4.50. The Bertz CT molecular complexity index is 499. The molecule has 170 valence electrons. The lowest BCUT2D eigenvalue weighted by Crippen LogP contribution is -2.31. The van der Waals surface area contributed by atoms with E-state index < -0.39 is 0 Å². The zero-order valence-electron chi connectivity index (χ0n) is 19.5. The van der Waals surface area contributed by atoms with Crippen LogP contribution in [0.15, 0.2) is 23.8 Å². The van der Waals surface area contributed by atoms with E-state index in [2.05, 4.69) is 39.8 Å². The van der Waals surface area contributed by atoms with Crippen molar-refractivity contribution in [2.24, 2.45) is 23.7 Å². The predicted molar refractivity (Wildman–Crippen MR) is 118 cm³/mol. The average molecular weight is 413 g/mol. The Hall–Kier alpha value is -0.720. The maximum atomic E-state index is 10.7. The molecule has 0 saturated heterocycles. The molecule has 1 aliphatic carbocycles. The molecule has 8 unspecified atom stereocenters. The molecule has 0 aromatic heterocycles. The van der Waals surface area contributed by atoms with E-state index in [1.807, 2.05) is 6.08 Å². The zero-order chi connectivity index (χ0) is 22.0. The van der Waals surface area contributed by atoms with Crippen molar-refractivity contribution in [1.82, 2.24) is 0 Å². The van der Waals surface area contributed by atoms with Crippen molar-refractivity contribution in [3.05, 3.63) is 23.8 Å². The summed E-state index contributed by atoms with van der Waals surface area (Å²) in [6.07, 6.45) is 9.38. The van der Waals surface area contributed by atoms with Gasteiger partial charge in [0.05, 0.1) is 24.4 Å². The Balaban J connectivity index is 2.55. The smallest absolute Gasteiger partial charge is 0.0870 e. The van der Waals surface area contributed by atoms with Crippen LogP contribution in [0.5, 0.6) is 0 Å². The third-order valence-corrected chi connectivity index (χ3v) is 6.59. The maximum absolute atomic E-state index is 10.7. The van der Waals surface area contributed by atoms with Gasteiger partial charge in [-0.3, -0.25) is 0 Å². The normalized spacial score (nSPS) is 26.2. The van der Waals surface area contributed by atoms with Crippen molar-refractivity contribution in [2.75, 3.05) is 27.9 Å². The summed E-state index contributed by atoms with van der Waals surface area (Å²) in [6, 6.07) is 0. The number of allylic oxidation sites excluding steroid dienone is 2. The molecule has 2 N–H and O–H groups in total. The summed E-state index contributed by atoms with van der Waals surface area (Å²) < 4.78 is 16.6. The topological polar surface area (TPSA) is 68.2 Å². The fraction of sp³-hybridized carbons (Fsp3) is 0.833. The monoisotopic (exact) mass is 412 g/mol. The number of hydrogen-bond acceptors (Lipinski definition) is 5. The highest BCUT2D eigenvalue weighted by atomic mass is 16.5. The fourth-order valence-electron chi connectivity index (χ4n) is 4.50. The van der Waals surface area contributed by atoms with Gasteiger partial charge >= 0.3 is 0 Å². The summed E-state index contributed by atoms with van der Waals surface area (Å²) >= 11 is 0. The van der Waals surface area contributed by atoms with Crippen LogP contribution in [0.2, 0.25) is 0 Å². The van der Waals surface area contributed by atoms with Crippen LogP contribution < -0.4 is 0 Å². The summed E-state index contributed by atoms with van der Waals surface area (Å²) in [5.74, 6) is 1.53. The number of hydrogen-bond donors (Lipinski definition) is 2. The van der Waals surface area contributed by atoms with Crippen LogP contribution in [0, 0.1) is 23.7 Å². The summed E-state index contributed by atoms with van der Waals surface area (Å²) in [5, 5.41) is 19.9.